The van der Waals surface area contributed by atoms with Gasteiger partial charge in [0.2, 0.25) is 10.9 Å². The maximum absolute atomic E-state index is 11.6. The number of benzene rings is 2. The lowest BCUT2D eigenvalue weighted by Crippen LogP contribution is -2.04. The predicted octanol–water partition coefficient (Wildman–Crippen LogP) is 5.62. The van der Waals surface area contributed by atoms with Gasteiger partial charge in [-0.25, -0.2) is 4.98 Å². The fourth-order valence-electron chi connectivity index (χ4n) is 2.90. The number of fused-ring (bicyclic) bond motifs is 1. The van der Waals surface area contributed by atoms with Gasteiger partial charge in [0.05, 0.1) is 35.1 Å². The minimum atomic E-state index is -0.470. The molecule has 0 radical (unpaired) electrons. The first-order valence-electron chi connectivity index (χ1n) is 9.76. The van der Waals surface area contributed by atoms with Gasteiger partial charge in [-0.3, -0.25) is 15.5 Å². The largest absolute Gasteiger partial charge is 0.493 e. The zero-order valence-corrected chi connectivity index (χ0v) is 17.8. The topological polar surface area (TPSA) is 98.9 Å². The minimum Gasteiger partial charge on any atom is -0.493 e. The number of aromatic nitrogens is 1. The number of nitro groups is 1. The molecule has 0 bridgehead atoms. The SMILES string of the molecule is CCCCCCOc1c(OC)cc(/C=N\Nc2nc3ccccc3s2)cc1[N+](=O)[O-]. The van der Waals surface area contributed by atoms with E-state index in [-0.39, 0.29) is 11.4 Å². The average molecular weight is 429 g/mol. The van der Waals surface area contributed by atoms with Gasteiger partial charge < -0.3 is 9.47 Å². The van der Waals surface area contributed by atoms with E-state index in [0.717, 1.165) is 35.9 Å². The fourth-order valence-corrected chi connectivity index (χ4v) is 3.72. The van der Waals surface area contributed by atoms with Crippen LogP contribution in [0.5, 0.6) is 11.5 Å². The number of unbranched alkanes of at least 4 members (excludes halogenated alkanes) is 3. The van der Waals surface area contributed by atoms with Crippen LogP contribution >= 0.6 is 11.3 Å². The van der Waals surface area contributed by atoms with Crippen LogP contribution < -0.4 is 14.9 Å². The van der Waals surface area contributed by atoms with Crippen LogP contribution in [0.4, 0.5) is 10.8 Å². The highest BCUT2D eigenvalue weighted by Gasteiger charge is 2.22. The molecule has 0 saturated carbocycles. The number of thiazole rings is 1. The first kappa shape index (κ1) is 21.5. The highest BCUT2D eigenvalue weighted by atomic mass is 32.1. The van der Waals surface area contributed by atoms with Gasteiger partial charge in [-0.1, -0.05) is 49.7 Å². The van der Waals surface area contributed by atoms with Crippen LogP contribution in [0.25, 0.3) is 10.2 Å². The van der Waals surface area contributed by atoms with Crippen LogP contribution in [0, 0.1) is 10.1 Å². The lowest BCUT2D eigenvalue weighted by atomic mass is 10.1. The number of ether oxygens (including phenoxy) is 2. The third-order valence-corrected chi connectivity index (χ3v) is 5.33. The predicted molar refractivity (Wildman–Crippen MR) is 120 cm³/mol. The molecule has 0 aliphatic carbocycles. The van der Waals surface area contributed by atoms with Gasteiger partial charge in [-0.15, -0.1) is 0 Å². The molecule has 158 valence electrons. The first-order chi connectivity index (χ1) is 14.6. The molecular formula is C21H24N4O4S. The normalized spacial score (nSPS) is 11.1. The van der Waals surface area contributed by atoms with Crippen LogP contribution in [-0.4, -0.2) is 29.8 Å². The van der Waals surface area contributed by atoms with E-state index in [2.05, 4.69) is 22.4 Å². The highest BCUT2D eigenvalue weighted by Crippen LogP contribution is 2.38. The molecule has 9 heteroatoms. The molecule has 1 N–H and O–H groups in total. The van der Waals surface area contributed by atoms with E-state index in [1.54, 1.807) is 6.07 Å². The smallest absolute Gasteiger partial charge is 0.315 e. The number of anilines is 1. The molecule has 3 aromatic rings. The highest BCUT2D eigenvalue weighted by molar-refractivity contribution is 7.22. The summed E-state index contributed by atoms with van der Waals surface area (Å²) in [5, 5.41) is 16.4. The second-order valence-corrected chi connectivity index (χ2v) is 7.63. The van der Waals surface area contributed by atoms with E-state index in [1.807, 2.05) is 24.3 Å². The van der Waals surface area contributed by atoms with E-state index in [9.17, 15) is 10.1 Å². The van der Waals surface area contributed by atoms with Crippen molar-refractivity contribution in [2.24, 2.45) is 5.10 Å². The Morgan fingerprint density at radius 2 is 2.10 bits per heavy atom. The molecule has 0 spiro atoms. The summed E-state index contributed by atoms with van der Waals surface area (Å²) in [5.41, 5.74) is 4.13. The minimum absolute atomic E-state index is 0.147. The molecule has 3 rings (SSSR count). The lowest BCUT2D eigenvalue weighted by molar-refractivity contribution is -0.386. The van der Waals surface area contributed by atoms with Crippen molar-refractivity contribution in [2.45, 2.75) is 32.6 Å². The van der Waals surface area contributed by atoms with E-state index in [1.165, 1.54) is 30.7 Å². The van der Waals surface area contributed by atoms with Gasteiger partial charge in [0.15, 0.2) is 5.75 Å². The molecule has 2 aromatic carbocycles. The molecule has 30 heavy (non-hydrogen) atoms. The van der Waals surface area contributed by atoms with Crippen LogP contribution in [0.1, 0.15) is 38.2 Å². The molecule has 0 amide bonds. The Morgan fingerprint density at radius 1 is 1.27 bits per heavy atom. The fraction of sp³-hybridized carbons (Fsp3) is 0.333. The number of hydrogen-bond acceptors (Lipinski definition) is 8. The molecular weight excluding hydrogens is 404 g/mol. The summed E-state index contributed by atoms with van der Waals surface area (Å²) in [4.78, 5) is 15.5. The molecule has 0 saturated heterocycles. The molecule has 0 aliphatic heterocycles. The zero-order chi connectivity index (χ0) is 21.3. The Hall–Kier alpha value is -3.20. The van der Waals surface area contributed by atoms with Crippen LogP contribution in [0.15, 0.2) is 41.5 Å². The number of para-hydroxylation sites is 1. The summed E-state index contributed by atoms with van der Waals surface area (Å²) < 4.78 is 12.1. The van der Waals surface area contributed by atoms with Crippen LogP contribution in [0.3, 0.4) is 0 Å². The third kappa shape index (κ3) is 5.44. The number of hydrogen-bond donors (Lipinski definition) is 1. The quantitative estimate of drug-likeness (QED) is 0.184. The first-order valence-corrected chi connectivity index (χ1v) is 10.6. The van der Waals surface area contributed by atoms with Gasteiger partial charge >= 0.3 is 5.69 Å². The maximum atomic E-state index is 11.6. The van der Waals surface area contributed by atoms with Crippen molar-refractivity contribution >= 4 is 38.6 Å². The summed E-state index contributed by atoms with van der Waals surface area (Å²) in [6, 6.07) is 10.9. The molecule has 0 aliphatic rings. The molecule has 0 atom stereocenters. The van der Waals surface area contributed by atoms with E-state index < -0.39 is 4.92 Å². The molecule has 1 heterocycles. The van der Waals surface area contributed by atoms with Crippen LogP contribution in [-0.2, 0) is 0 Å². The van der Waals surface area contributed by atoms with Gasteiger partial charge in [-0.2, -0.15) is 5.10 Å². The third-order valence-electron chi connectivity index (χ3n) is 4.39. The number of nitrogens with zero attached hydrogens (tertiary/aromatic N) is 3. The van der Waals surface area contributed by atoms with Gasteiger partial charge in [0.25, 0.3) is 0 Å². The molecule has 0 fully saturated rings. The van der Waals surface area contributed by atoms with Crippen molar-refractivity contribution in [2.75, 3.05) is 19.1 Å². The number of methoxy groups -OCH3 is 1. The van der Waals surface area contributed by atoms with Crippen LogP contribution in [0.2, 0.25) is 0 Å². The Kier molecular flexibility index (Phi) is 7.56. The van der Waals surface area contributed by atoms with E-state index in [0.29, 0.717) is 23.1 Å². The number of hydrazone groups is 1. The molecule has 1 aromatic heterocycles. The number of rotatable bonds is 11. The van der Waals surface area contributed by atoms with Gasteiger partial charge in [0.1, 0.15) is 0 Å². The van der Waals surface area contributed by atoms with E-state index in [4.69, 9.17) is 9.47 Å². The summed E-state index contributed by atoms with van der Waals surface area (Å²) in [6.45, 7) is 2.53. The van der Waals surface area contributed by atoms with E-state index >= 15 is 0 Å². The average Bonchev–Trinajstić information content (AvgIpc) is 3.16. The summed E-state index contributed by atoms with van der Waals surface area (Å²) in [5.74, 6) is 0.455. The second kappa shape index (κ2) is 10.5. The number of nitro benzene ring substituents is 1. The van der Waals surface area contributed by atoms with Crippen molar-refractivity contribution < 1.29 is 14.4 Å². The summed E-state index contributed by atoms with van der Waals surface area (Å²) >= 11 is 1.48. The van der Waals surface area contributed by atoms with Gasteiger partial charge in [0, 0.05) is 11.6 Å². The number of nitrogens with one attached hydrogen (secondary N) is 1. The molecule has 0 unspecified atom stereocenters. The zero-order valence-electron chi connectivity index (χ0n) is 17.0. The standard InChI is InChI=1S/C21H24N4O4S/c1-3-4-5-8-11-29-20-17(25(26)27)12-15(13-18(20)28-2)14-22-24-21-23-16-9-6-7-10-19(16)30-21/h6-7,9-10,12-14H,3-5,8,11H2,1-2H3,(H,23,24)/b22-14-. The van der Waals surface area contributed by atoms with Crippen molar-refractivity contribution in [3.63, 3.8) is 0 Å². The van der Waals surface area contributed by atoms with Crippen molar-refractivity contribution in [3.8, 4) is 11.5 Å². The Morgan fingerprint density at radius 3 is 2.83 bits per heavy atom. The Labute approximate surface area is 178 Å². The summed E-state index contributed by atoms with van der Waals surface area (Å²) in [7, 11) is 1.46. The van der Waals surface area contributed by atoms with Crippen molar-refractivity contribution in [1.82, 2.24) is 4.98 Å². The summed E-state index contributed by atoms with van der Waals surface area (Å²) in [6.07, 6.45) is 5.58. The Bertz CT molecular complexity index is 1000. The Balaban J connectivity index is 1.74. The second-order valence-electron chi connectivity index (χ2n) is 6.59. The lowest BCUT2D eigenvalue weighted by Gasteiger charge is -2.11. The van der Waals surface area contributed by atoms with Crippen molar-refractivity contribution in [1.29, 1.82) is 0 Å². The monoisotopic (exact) mass is 428 g/mol. The molecule has 8 nitrogen and oxygen atoms in total. The van der Waals surface area contributed by atoms with Crippen molar-refractivity contribution in [3.05, 3.63) is 52.1 Å². The van der Waals surface area contributed by atoms with Gasteiger partial charge in [-0.05, 0) is 24.6 Å². The maximum Gasteiger partial charge on any atom is 0.315 e.